The number of pyridine rings is 1. The molecule has 1 N–H and O–H groups in total. The highest BCUT2D eigenvalue weighted by atomic mass is 19.1. The number of ether oxygens (including phenoxy) is 1. The van der Waals surface area contributed by atoms with Crippen LogP contribution in [-0.2, 0) is 0 Å². The van der Waals surface area contributed by atoms with Crippen LogP contribution in [0.5, 0.6) is 17.6 Å². The van der Waals surface area contributed by atoms with Crippen molar-refractivity contribution in [2.45, 2.75) is 6.92 Å². The summed E-state index contributed by atoms with van der Waals surface area (Å²) in [6.45, 7) is 1.93. The molecule has 0 aliphatic carbocycles. The third-order valence-corrected chi connectivity index (χ3v) is 4.42. The summed E-state index contributed by atoms with van der Waals surface area (Å²) in [6.07, 6.45) is 3.09. The molecule has 2 heterocycles. The van der Waals surface area contributed by atoms with Crippen LogP contribution in [0.3, 0.4) is 0 Å². The lowest BCUT2D eigenvalue weighted by Gasteiger charge is -2.22. The molecule has 28 heavy (non-hydrogen) atoms. The highest BCUT2D eigenvalue weighted by molar-refractivity contribution is 5.82. The summed E-state index contributed by atoms with van der Waals surface area (Å²) < 4.78 is 19.2. The molecule has 0 aliphatic heterocycles. The molecule has 6 nitrogen and oxygen atoms in total. The summed E-state index contributed by atoms with van der Waals surface area (Å²) in [4.78, 5) is 14.1. The van der Waals surface area contributed by atoms with Gasteiger partial charge in [-0.1, -0.05) is 6.07 Å². The lowest BCUT2D eigenvalue weighted by molar-refractivity contribution is 0.412. The van der Waals surface area contributed by atoms with Gasteiger partial charge in [-0.15, -0.1) is 0 Å². The lowest BCUT2D eigenvalue weighted by Crippen LogP contribution is -2.11. The van der Waals surface area contributed by atoms with Crippen molar-refractivity contribution in [3.63, 3.8) is 0 Å². The Bertz CT molecular complexity index is 1150. The van der Waals surface area contributed by atoms with Gasteiger partial charge in [-0.3, -0.25) is 4.98 Å². The van der Waals surface area contributed by atoms with E-state index in [1.54, 1.807) is 30.5 Å². The van der Waals surface area contributed by atoms with Crippen LogP contribution in [0.15, 0.2) is 60.9 Å². The number of halogens is 1. The summed E-state index contributed by atoms with van der Waals surface area (Å²) in [5.41, 5.74) is 3.11. The van der Waals surface area contributed by atoms with Crippen molar-refractivity contribution >= 4 is 22.3 Å². The van der Waals surface area contributed by atoms with Crippen molar-refractivity contribution in [3.05, 3.63) is 72.3 Å². The Hall–Kier alpha value is -3.74. The number of hydrogen-bond donors (Lipinski definition) is 1. The monoisotopic (exact) mass is 376 g/mol. The van der Waals surface area contributed by atoms with Gasteiger partial charge < -0.3 is 14.7 Å². The van der Waals surface area contributed by atoms with Crippen molar-refractivity contribution in [2.75, 3.05) is 11.9 Å². The highest BCUT2D eigenvalue weighted by Gasteiger charge is 2.11. The van der Waals surface area contributed by atoms with E-state index in [9.17, 15) is 9.50 Å². The van der Waals surface area contributed by atoms with Gasteiger partial charge in [0.25, 0.3) is 0 Å². The average molecular weight is 376 g/mol. The maximum atomic E-state index is 13.6. The normalized spacial score (nSPS) is 10.8. The van der Waals surface area contributed by atoms with Gasteiger partial charge in [0.2, 0.25) is 5.88 Å². The minimum absolute atomic E-state index is 0.0279. The number of benzene rings is 2. The summed E-state index contributed by atoms with van der Waals surface area (Å²) >= 11 is 0. The number of fused-ring (bicyclic) bond motifs is 1. The molecule has 0 unspecified atom stereocenters. The molecule has 7 heteroatoms. The molecule has 140 valence electrons. The van der Waals surface area contributed by atoms with Crippen molar-refractivity contribution < 1.29 is 14.2 Å². The van der Waals surface area contributed by atoms with E-state index in [1.807, 2.05) is 31.0 Å². The lowest BCUT2D eigenvalue weighted by atomic mass is 10.1. The predicted molar refractivity (Wildman–Crippen MR) is 105 cm³/mol. The van der Waals surface area contributed by atoms with Gasteiger partial charge in [0.15, 0.2) is 0 Å². The molecule has 0 saturated carbocycles. The number of aryl methyl sites for hydroxylation is 1. The van der Waals surface area contributed by atoms with E-state index < -0.39 is 0 Å². The maximum absolute atomic E-state index is 13.6. The molecule has 2 aromatic carbocycles. The van der Waals surface area contributed by atoms with E-state index in [-0.39, 0.29) is 17.7 Å². The summed E-state index contributed by atoms with van der Waals surface area (Å²) in [5.74, 6) is 0.0613. The van der Waals surface area contributed by atoms with Crippen LogP contribution in [0.1, 0.15) is 5.56 Å². The Morgan fingerprint density at radius 3 is 2.61 bits per heavy atom. The quantitative estimate of drug-likeness (QED) is 0.555. The molecule has 0 aliphatic rings. The van der Waals surface area contributed by atoms with Crippen LogP contribution in [0, 0.1) is 12.7 Å². The zero-order valence-electron chi connectivity index (χ0n) is 15.3. The third-order valence-electron chi connectivity index (χ3n) is 4.42. The van der Waals surface area contributed by atoms with Gasteiger partial charge in [0.05, 0.1) is 17.1 Å². The van der Waals surface area contributed by atoms with E-state index in [0.717, 1.165) is 16.9 Å². The predicted octanol–water partition coefficient (Wildman–Crippen LogP) is 4.74. The van der Waals surface area contributed by atoms with E-state index in [0.29, 0.717) is 16.7 Å². The smallest absolute Gasteiger partial charge is 0.325 e. The van der Waals surface area contributed by atoms with Crippen molar-refractivity contribution in [2.24, 2.45) is 0 Å². The fraction of sp³-hybridized carbons (Fsp3) is 0.0952. The largest absolute Gasteiger partial charge is 0.493 e. The standard InChI is InChI=1S/C21H17FN4O2/c1-13-3-4-14(22)11-19(13)26(2)15-5-7-16(8-6-15)28-21-24-18-12-23-10-9-17(18)20(27)25-21/h3-12H,1-2H3,(H,24,25,27). The summed E-state index contributed by atoms with van der Waals surface area (Å²) in [5, 5.41) is 10.5. The second-order valence-electron chi connectivity index (χ2n) is 6.31. The van der Waals surface area contributed by atoms with E-state index in [1.165, 1.54) is 18.3 Å². The molecule has 4 aromatic rings. The minimum Gasteiger partial charge on any atom is -0.493 e. The minimum atomic E-state index is -0.282. The molecule has 0 fully saturated rings. The van der Waals surface area contributed by atoms with Crippen LogP contribution in [0.25, 0.3) is 10.9 Å². The zero-order valence-corrected chi connectivity index (χ0v) is 15.3. The molecular weight excluding hydrogens is 359 g/mol. The zero-order chi connectivity index (χ0) is 19.7. The van der Waals surface area contributed by atoms with Crippen molar-refractivity contribution in [1.29, 1.82) is 0 Å². The number of aromatic nitrogens is 3. The fourth-order valence-electron chi connectivity index (χ4n) is 2.91. The van der Waals surface area contributed by atoms with Gasteiger partial charge in [-0.05, 0) is 55.0 Å². The average Bonchev–Trinajstić information content (AvgIpc) is 2.70. The highest BCUT2D eigenvalue weighted by Crippen LogP contribution is 2.30. The fourth-order valence-corrected chi connectivity index (χ4v) is 2.91. The Morgan fingerprint density at radius 2 is 1.82 bits per heavy atom. The first-order chi connectivity index (χ1) is 13.5. The molecular formula is C21H17FN4O2. The van der Waals surface area contributed by atoms with Gasteiger partial charge in [-0.2, -0.15) is 9.97 Å². The van der Waals surface area contributed by atoms with Gasteiger partial charge in [-0.25, -0.2) is 4.39 Å². The molecule has 0 saturated heterocycles. The number of nitrogens with zero attached hydrogens (tertiary/aromatic N) is 4. The van der Waals surface area contributed by atoms with E-state index in [4.69, 9.17) is 4.74 Å². The van der Waals surface area contributed by atoms with Gasteiger partial charge in [0.1, 0.15) is 11.6 Å². The first kappa shape index (κ1) is 17.7. The number of rotatable bonds is 4. The second-order valence-corrected chi connectivity index (χ2v) is 6.31. The number of hydrogen-bond acceptors (Lipinski definition) is 6. The third kappa shape index (κ3) is 3.42. The molecule has 0 bridgehead atoms. The van der Waals surface area contributed by atoms with Crippen LogP contribution >= 0.6 is 0 Å². The van der Waals surface area contributed by atoms with Crippen LogP contribution < -0.4 is 9.64 Å². The van der Waals surface area contributed by atoms with E-state index in [2.05, 4.69) is 15.0 Å². The topological polar surface area (TPSA) is 71.4 Å². The Morgan fingerprint density at radius 1 is 1.04 bits per heavy atom. The van der Waals surface area contributed by atoms with Crippen LogP contribution in [0.2, 0.25) is 0 Å². The van der Waals surface area contributed by atoms with E-state index >= 15 is 0 Å². The van der Waals surface area contributed by atoms with Gasteiger partial charge in [0, 0.05) is 24.6 Å². The number of anilines is 2. The maximum Gasteiger partial charge on any atom is 0.325 e. The molecule has 0 atom stereocenters. The summed E-state index contributed by atoms with van der Waals surface area (Å²) in [6, 6.07) is 13.6. The molecule has 0 spiro atoms. The molecule has 0 radical (unpaired) electrons. The van der Waals surface area contributed by atoms with Crippen molar-refractivity contribution in [1.82, 2.24) is 15.0 Å². The summed E-state index contributed by atoms with van der Waals surface area (Å²) in [7, 11) is 1.87. The first-order valence-electron chi connectivity index (χ1n) is 8.60. The first-order valence-corrected chi connectivity index (χ1v) is 8.60. The Labute approximate surface area is 160 Å². The number of aromatic hydroxyl groups is 1. The van der Waals surface area contributed by atoms with Crippen molar-refractivity contribution in [3.8, 4) is 17.6 Å². The molecule has 2 aromatic heterocycles. The van der Waals surface area contributed by atoms with Crippen LogP contribution in [-0.4, -0.2) is 27.1 Å². The Kier molecular flexibility index (Phi) is 4.49. The van der Waals surface area contributed by atoms with Crippen LogP contribution in [0.4, 0.5) is 15.8 Å². The second kappa shape index (κ2) is 7.11. The molecule has 4 rings (SSSR count). The Balaban J connectivity index is 1.57. The van der Waals surface area contributed by atoms with Gasteiger partial charge >= 0.3 is 6.01 Å². The SMILES string of the molecule is Cc1ccc(F)cc1N(C)c1ccc(Oc2nc(O)c3ccncc3n2)cc1. The molecule has 0 amide bonds.